The molecule has 0 aliphatic heterocycles. The topological polar surface area (TPSA) is 76.5 Å². The van der Waals surface area contributed by atoms with Crippen molar-refractivity contribution in [2.24, 2.45) is 0 Å². The molecule has 0 bridgehead atoms. The van der Waals surface area contributed by atoms with Crippen LogP contribution in [0.15, 0.2) is 59.5 Å². The molecule has 0 saturated heterocycles. The van der Waals surface area contributed by atoms with Gasteiger partial charge in [0.25, 0.3) is 0 Å². The van der Waals surface area contributed by atoms with Gasteiger partial charge in [-0.1, -0.05) is 12.1 Å². The standard InChI is InChI=1S/C15H10FNO4S/c16-11-5-7-12(8-6-11)22(19,20)21-14-9-4-10-2-1-3-13(18)15(10)17-14/h1-9,18H. The summed E-state index contributed by atoms with van der Waals surface area (Å²) in [5, 5.41) is 10.4. The molecule has 5 nitrogen and oxygen atoms in total. The van der Waals surface area contributed by atoms with Gasteiger partial charge < -0.3 is 9.29 Å². The number of para-hydroxylation sites is 1. The zero-order valence-electron chi connectivity index (χ0n) is 11.1. The first kappa shape index (κ1) is 14.3. The zero-order chi connectivity index (χ0) is 15.7. The fourth-order valence-electron chi connectivity index (χ4n) is 1.92. The minimum atomic E-state index is -4.12. The van der Waals surface area contributed by atoms with E-state index in [0.29, 0.717) is 5.39 Å². The molecule has 1 heterocycles. The summed E-state index contributed by atoms with van der Waals surface area (Å²) in [6.45, 7) is 0. The summed E-state index contributed by atoms with van der Waals surface area (Å²) in [5.74, 6) is -0.812. The summed E-state index contributed by atoms with van der Waals surface area (Å²) in [6, 6.07) is 12.0. The number of benzene rings is 2. The third-order valence-electron chi connectivity index (χ3n) is 2.97. The van der Waals surface area contributed by atoms with Crippen LogP contribution in [0.5, 0.6) is 11.6 Å². The summed E-state index contributed by atoms with van der Waals surface area (Å²) < 4.78 is 41.9. The van der Waals surface area contributed by atoms with Crippen molar-refractivity contribution in [1.29, 1.82) is 0 Å². The van der Waals surface area contributed by atoms with Crippen molar-refractivity contribution in [2.45, 2.75) is 4.90 Å². The van der Waals surface area contributed by atoms with Crippen molar-refractivity contribution < 1.29 is 22.1 Å². The Morgan fingerprint density at radius 2 is 1.73 bits per heavy atom. The van der Waals surface area contributed by atoms with Gasteiger partial charge in [0, 0.05) is 11.5 Å². The lowest BCUT2D eigenvalue weighted by Crippen LogP contribution is -2.10. The van der Waals surface area contributed by atoms with E-state index in [2.05, 4.69) is 4.98 Å². The number of phenolic OH excluding ortho intramolecular Hbond substituents is 1. The van der Waals surface area contributed by atoms with Crippen molar-refractivity contribution in [1.82, 2.24) is 4.98 Å². The molecule has 0 spiro atoms. The molecule has 1 aromatic heterocycles. The lowest BCUT2D eigenvalue weighted by molar-refractivity contribution is 0.470. The van der Waals surface area contributed by atoms with Crippen LogP contribution in [0.25, 0.3) is 10.9 Å². The Morgan fingerprint density at radius 3 is 2.45 bits per heavy atom. The van der Waals surface area contributed by atoms with Crippen molar-refractivity contribution >= 4 is 21.0 Å². The Bertz CT molecular complexity index is 939. The number of pyridine rings is 1. The number of hydrogen-bond acceptors (Lipinski definition) is 5. The van der Waals surface area contributed by atoms with Crippen LogP contribution in [0.4, 0.5) is 4.39 Å². The van der Waals surface area contributed by atoms with Gasteiger partial charge in [0.2, 0.25) is 5.88 Å². The summed E-state index contributed by atoms with van der Waals surface area (Å²) in [5.41, 5.74) is 0.231. The average molecular weight is 319 g/mol. The van der Waals surface area contributed by atoms with E-state index in [-0.39, 0.29) is 22.0 Å². The number of aromatic nitrogens is 1. The van der Waals surface area contributed by atoms with E-state index in [0.717, 1.165) is 24.3 Å². The Labute approximate surface area is 125 Å². The van der Waals surface area contributed by atoms with Crippen LogP contribution in [0, 0.1) is 5.82 Å². The summed E-state index contributed by atoms with van der Waals surface area (Å²) in [7, 11) is -4.12. The molecular formula is C15H10FNO4S. The van der Waals surface area contributed by atoms with E-state index < -0.39 is 15.9 Å². The van der Waals surface area contributed by atoms with Gasteiger partial charge in [-0.2, -0.15) is 8.42 Å². The minimum absolute atomic E-state index is 0.0814. The third-order valence-corrected chi connectivity index (χ3v) is 4.21. The van der Waals surface area contributed by atoms with Gasteiger partial charge in [0.1, 0.15) is 22.0 Å². The highest BCUT2D eigenvalue weighted by atomic mass is 32.2. The maximum Gasteiger partial charge on any atom is 0.340 e. The highest BCUT2D eigenvalue weighted by Crippen LogP contribution is 2.26. The Morgan fingerprint density at radius 1 is 1.00 bits per heavy atom. The number of phenols is 1. The molecule has 0 fully saturated rings. The average Bonchev–Trinajstić information content (AvgIpc) is 2.48. The number of rotatable bonds is 3. The maximum absolute atomic E-state index is 12.8. The molecule has 0 unspecified atom stereocenters. The molecule has 7 heteroatoms. The van der Waals surface area contributed by atoms with Crippen LogP contribution >= 0.6 is 0 Å². The number of halogens is 1. The normalized spacial score (nSPS) is 11.5. The fraction of sp³-hybridized carbons (Fsp3) is 0. The lowest BCUT2D eigenvalue weighted by Gasteiger charge is -2.07. The minimum Gasteiger partial charge on any atom is -0.506 e. The van der Waals surface area contributed by atoms with E-state index in [1.165, 1.54) is 12.1 Å². The van der Waals surface area contributed by atoms with Crippen LogP contribution in [0.3, 0.4) is 0 Å². The lowest BCUT2D eigenvalue weighted by atomic mass is 10.2. The highest BCUT2D eigenvalue weighted by Gasteiger charge is 2.18. The SMILES string of the molecule is O=S(=O)(Oc1ccc2cccc(O)c2n1)c1ccc(F)cc1. The maximum atomic E-state index is 12.8. The van der Waals surface area contributed by atoms with Gasteiger partial charge in [-0.3, -0.25) is 0 Å². The molecule has 1 N–H and O–H groups in total. The van der Waals surface area contributed by atoms with E-state index in [1.54, 1.807) is 18.2 Å². The van der Waals surface area contributed by atoms with E-state index in [4.69, 9.17) is 4.18 Å². The van der Waals surface area contributed by atoms with E-state index in [9.17, 15) is 17.9 Å². The molecule has 112 valence electrons. The van der Waals surface area contributed by atoms with Gasteiger partial charge in [-0.15, -0.1) is 0 Å². The van der Waals surface area contributed by atoms with Crippen molar-refractivity contribution in [3.05, 3.63) is 60.4 Å². The Kier molecular flexibility index (Phi) is 3.42. The number of fused-ring (bicyclic) bond motifs is 1. The van der Waals surface area contributed by atoms with Gasteiger partial charge in [-0.05, 0) is 36.4 Å². The van der Waals surface area contributed by atoms with Crippen molar-refractivity contribution in [2.75, 3.05) is 0 Å². The van der Waals surface area contributed by atoms with Crippen LogP contribution in [0.2, 0.25) is 0 Å². The second-order valence-electron chi connectivity index (χ2n) is 4.49. The van der Waals surface area contributed by atoms with Gasteiger partial charge in [0.15, 0.2) is 0 Å². The molecular weight excluding hydrogens is 309 g/mol. The summed E-state index contributed by atoms with van der Waals surface area (Å²) >= 11 is 0. The van der Waals surface area contributed by atoms with Crippen LogP contribution in [-0.4, -0.2) is 18.5 Å². The van der Waals surface area contributed by atoms with E-state index in [1.807, 2.05) is 0 Å². The quantitative estimate of drug-likeness (QED) is 0.751. The first-order chi connectivity index (χ1) is 10.5. The molecule has 3 rings (SSSR count). The second-order valence-corrected chi connectivity index (χ2v) is 6.04. The molecule has 0 aliphatic carbocycles. The summed E-state index contributed by atoms with van der Waals surface area (Å²) in [6.07, 6.45) is 0. The number of aromatic hydroxyl groups is 1. The molecule has 0 atom stereocenters. The second kappa shape index (κ2) is 5.27. The largest absolute Gasteiger partial charge is 0.506 e. The first-order valence-corrected chi connectivity index (χ1v) is 7.65. The molecule has 3 aromatic rings. The number of nitrogens with zero attached hydrogens (tertiary/aromatic N) is 1. The van der Waals surface area contributed by atoms with Crippen LogP contribution in [0.1, 0.15) is 0 Å². The predicted octanol–water partition coefficient (Wildman–Crippen LogP) is 2.85. The highest BCUT2D eigenvalue weighted by molar-refractivity contribution is 7.87. The first-order valence-electron chi connectivity index (χ1n) is 6.24. The zero-order valence-corrected chi connectivity index (χ0v) is 11.9. The third kappa shape index (κ3) is 2.71. The molecule has 0 radical (unpaired) electrons. The molecule has 0 amide bonds. The monoisotopic (exact) mass is 319 g/mol. The van der Waals surface area contributed by atoms with Gasteiger partial charge in [-0.25, -0.2) is 9.37 Å². The smallest absolute Gasteiger partial charge is 0.340 e. The predicted molar refractivity (Wildman–Crippen MR) is 77.6 cm³/mol. The molecule has 22 heavy (non-hydrogen) atoms. The van der Waals surface area contributed by atoms with Crippen molar-refractivity contribution in [3.63, 3.8) is 0 Å². The summed E-state index contributed by atoms with van der Waals surface area (Å²) in [4.78, 5) is 3.79. The van der Waals surface area contributed by atoms with Gasteiger partial charge >= 0.3 is 10.1 Å². The fourth-order valence-corrected chi connectivity index (χ4v) is 2.80. The molecule has 0 aliphatic rings. The Hall–Kier alpha value is -2.67. The molecule has 2 aromatic carbocycles. The van der Waals surface area contributed by atoms with Gasteiger partial charge in [0.05, 0.1) is 0 Å². The molecule has 0 saturated carbocycles. The van der Waals surface area contributed by atoms with Crippen LogP contribution < -0.4 is 4.18 Å². The van der Waals surface area contributed by atoms with Crippen LogP contribution in [-0.2, 0) is 10.1 Å². The Balaban J connectivity index is 1.98. The van der Waals surface area contributed by atoms with E-state index >= 15 is 0 Å². The number of hydrogen-bond donors (Lipinski definition) is 1. The van der Waals surface area contributed by atoms with Crippen molar-refractivity contribution in [3.8, 4) is 11.6 Å².